The van der Waals surface area contributed by atoms with E-state index in [9.17, 15) is 14.0 Å². The molecule has 0 spiro atoms. The number of nitrogens with two attached hydrogens (primary N) is 1. The highest BCUT2D eigenvalue weighted by molar-refractivity contribution is 9.10. The maximum Gasteiger partial charge on any atom is 0.256 e. The minimum Gasteiger partial charge on any atom is -0.366 e. The van der Waals surface area contributed by atoms with E-state index < -0.39 is 17.6 Å². The number of carbonyl (C=O) groups is 2. The molecule has 0 radical (unpaired) electrons. The number of carbonyl (C=O) groups excluding carboxylic acids is 2. The van der Waals surface area contributed by atoms with E-state index in [1.165, 1.54) is 36.4 Å². The molecule has 0 heterocycles. The third-order valence-corrected chi connectivity index (χ3v) is 3.65. The fourth-order valence-corrected chi connectivity index (χ4v) is 2.41. The van der Waals surface area contributed by atoms with E-state index in [4.69, 9.17) is 17.3 Å². The van der Waals surface area contributed by atoms with Crippen LogP contribution in [0.5, 0.6) is 0 Å². The predicted octanol–water partition coefficient (Wildman–Crippen LogP) is 3.59. The van der Waals surface area contributed by atoms with Crippen molar-refractivity contribution in [3.05, 3.63) is 62.8 Å². The molecule has 0 unspecified atom stereocenters. The van der Waals surface area contributed by atoms with Crippen molar-refractivity contribution < 1.29 is 14.0 Å². The first-order chi connectivity index (χ1) is 9.88. The number of primary amides is 1. The molecule has 7 heteroatoms. The Morgan fingerprint density at radius 1 is 1.14 bits per heavy atom. The standard InChI is InChI=1S/C14H9BrClFN2O2/c15-11-5-7(17)1-3-9(11)14(21)19-8-2-4-12(16)10(6-8)13(18)20/h1-6H,(H2,18,20)(H,19,21). The van der Waals surface area contributed by atoms with Crippen molar-refractivity contribution in [1.82, 2.24) is 0 Å². The van der Waals surface area contributed by atoms with Gasteiger partial charge in [0.05, 0.1) is 16.1 Å². The minimum absolute atomic E-state index is 0.104. The van der Waals surface area contributed by atoms with Crippen LogP contribution in [0.15, 0.2) is 40.9 Å². The summed E-state index contributed by atoms with van der Waals surface area (Å²) < 4.78 is 13.3. The van der Waals surface area contributed by atoms with Gasteiger partial charge in [0.1, 0.15) is 5.82 Å². The largest absolute Gasteiger partial charge is 0.366 e. The monoisotopic (exact) mass is 370 g/mol. The normalized spacial score (nSPS) is 10.2. The molecule has 108 valence electrons. The quantitative estimate of drug-likeness (QED) is 0.865. The second-order valence-electron chi connectivity index (χ2n) is 4.14. The summed E-state index contributed by atoms with van der Waals surface area (Å²) in [5.74, 6) is -1.61. The van der Waals surface area contributed by atoms with Gasteiger partial charge in [-0.15, -0.1) is 0 Å². The molecule has 0 fully saturated rings. The summed E-state index contributed by atoms with van der Waals surface area (Å²) in [7, 11) is 0. The number of amides is 2. The van der Waals surface area contributed by atoms with Gasteiger partial charge in [0.2, 0.25) is 5.91 Å². The smallest absolute Gasteiger partial charge is 0.256 e. The molecule has 0 aliphatic carbocycles. The van der Waals surface area contributed by atoms with E-state index >= 15 is 0 Å². The van der Waals surface area contributed by atoms with Crippen LogP contribution in [0.1, 0.15) is 20.7 Å². The second-order valence-corrected chi connectivity index (χ2v) is 5.40. The Balaban J connectivity index is 2.27. The third kappa shape index (κ3) is 3.59. The number of hydrogen-bond acceptors (Lipinski definition) is 2. The first-order valence-electron chi connectivity index (χ1n) is 5.74. The van der Waals surface area contributed by atoms with Crippen molar-refractivity contribution in [1.29, 1.82) is 0 Å². The van der Waals surface area contributed by atoms with Crippen LogP contribution in [0.3, 0.4) is 0 Å². The summed E-state index contributed by atoms with van der Waals surface area (Å²) in [6.45, 7) is 0. The molecular weight excluding hydrogens is 363 g/mol. The predicted molar refractivity (Wildman–Crippen MR) is 82.0 cm³/mol. The summed E-state index contributed by atoms with van der Waals surface area (Å²) in [5.41, 5.74) is 5.90. The van der Waals surface area contributed by atoms with Crippen molar-refractivity contribution in [3.8, 4) is 0 Å². The number of benzene rings is 2. The highest BCUT2D eigenvalue weighted by Crippen LogP contribution is 2.22. The lowest BCUT2D eigenvalue weighted by Gasteiger charge is -2.09. The molecular formula is C14H9BrClFN2O2. The van der Waals surface area contributed by atoms with Gasteiger partial charge >= 0.3 is 0 Å². The van der Waals surface area contributed by atoms with Crippen molar-refractivity contribution in [2.45, 2.75) is 0 Å². The van der Waals surface area contributed by atoms with Gasteiger partial charge in [-0.05, 0) is 52.3 Å². The number of anilines is 1. The second kappa shape index (κ2) is 6.24. The maximum absolute atomic E-state index is 13.0. The van der Waals surface area contributed by atoms with Crippen LogP contribution in [0.25, 0.3) is 0 Å². The van der Waals surface area contributed by atoms with Crippen molar-refractivity contribution >= 4 is 45.0 Å². The molecule has 2 amide bonds. The molecule has 0 atom stereocenters. The third-order valence-electron chi connectivity index (χ3n) is 2.67. The summed E-state index contributed by atoms with van der Waals surface area (Å²) in [4.78, 5) is 23.3. The zero-order valence-electron chi connectivity index (χ0n) is 10.5. The molecule has 0 saturated heterocycles. The first-order valence-corrected chi connectivity index (χ1v) is 6.91. The first kappa shape index (κ1) is 15.5. The molecule has 3 N–H and O–H groups in total. The van der Waals surface area contributed by atoms with Crippen LogP contribution < -0.4 is 11.1 Å². The lowest BCUT2D eigenvalue weighted by Crippen LogP contribution is -2.15. The molecule has 0 saturated carbocycles. The molecule has 4 nitrogen and oxygen atoms in total. The van der Waals surface area contributed by atoms with Crippen molar-refractivity contribution in [3.63, 3.8) is 0 Å². The van der Waals surface area contributed by atoms with Crippen LogP contribution >= 0.6 is 27.5 Å². The van der Waals surface area contributed by atoms with E-state index in [0.29, 0.717) is 10.2 Å². The highest BCUT2D eigenvalue weighted by atomic mass is 79.9. The number of halogens is 3. The molecule has 2 aromatic carbocycles. The zero-order chi connectivity index (χ0) is 15.6. The van der Waals surface area contributed by atoms with E-state index in [1.54, 1.807) is 0 Å². The zero-order valence-corrected chi connectivity index (χ0v) is 12.8. The van der Waals surface area contributed by atoms with Crippen LogP contribution in [-0.4, -0.2) is 11.8 Å². The van der Waals surface area contributed by atoms with Crippen molar-refractivity contribution in [2.75, 3.05) is 5.32 Å². The van der Waals surface area contributed by atoms with Gasteiger partial charge in [-0.3, -0.25) is 9.59 Å². The SMILES string of the molecule is NC(=O)c1cc(NC(=O)c2ccc(F)cc2Br)ccc1Cl. The van der Waals surface area contributed by atoms with E-state index in [-0.39, 0.29) is 16.1 Å². The number of hydrogen-bond donors (Lipinski definition) is 2. The molecule has 0 aliphatic heterocycles. The Morgan fingerprint density at radius 2 is 1.86 bits per heavy atom. The summed E-state index contributed by atoms with van der Waals surface area (Å²) in [5, 5.41) is 2.78. The van der Waals surface area contributed by atoms with Gasteiger partial charge < -0.3 is 11.1 Å². The Hall–Kier alpha value is -1.92. The van der Waals surface area contributed by atoms with Crippen molar-refractivity contribution in [2.24, 2.45) is 5.73 Å². The number of rotatable bonds is 3. The average Bonchev–Trinajstić information content (AvgIpc) is 2.40. The summed E-state index contributed by atoms with van der Waals surface area (Å²) in [6, 6.07) is 8.07. The highest BCUT2D eigenvalue weighted by Gasteiger charge is 2.13. The van der Waals surface area contributed by atoms with Gasteiger partial charge in [0.25, 0.3) is 5.91 Å². The van der Waals surface area contributed by atoms with E-state index in [0.717, 1.165) is 0 Å². The molecule has 2 rings (SSSR count). The Kier molecular flexibility index (Phi) is 4.59. The maximum atomic E-state index is 13.0. The number of nitrogens with one attached hydrogen (secondary N) is 1. The molecule has 21 heavy (non-hydrogen) atoms. The topological polar surface area (TPSA) is 72.2 Å². The fourth-order valence-electron chi connectivity index (χ4n) is 1.66. The Morgan fingerprint density at radius 3 is 2.48 bits per heavy atom. The van der Waals surface area contributed by atoms with Gasteiger partial charge in [-0.1, -0.05) is 11.6 Å². The fraction of sp³-hybridized carbons (Fsp3) is 0. The van der Waals surface area contributed by atoms with Gasteiger partial charge in [-0.25, -0.2) is 4.39 Å². The van der Waals surface area contributed by atoms with E-state index in [1.807, 2.05) is 0 Å². The van der Waals surface area contributed by atoms with Gasteiger partial charge in [-0.2, -0.15) is 0 Å². The van der Waals surface area contributed by atoms with Gasteiger partial charge in [0, 0.05) is 10.2 Å². The lowest BCUT2D eigenvalue weighted by molar-refractivity contribution is 0.0996. The van der Waals surface area contributed by atoms with Crippen LogP contribution in [0.4, 0.5) is 10.1 Å². The minimum atomic E-state index is -0.695. The molecule has 0 bridgehead atoms. The average molecular weight is 372 g/mol. The Bertz CT molecular complexity index is 737. The summed E-state index contributed by atoms with van der Waals surface area (Å²) in [6.07, 6.45) is 0. The van der Waals surface area contributed by atoms with Crippen LogP contribution in [0.2, 0.25) is 5.02 Å². The van der Waals surface area contributed by atoms with Crippen LogP contribution in [-0.2, 0) is 0 Å². The Labute approximate surface area is 133 Å². The van der Waals surface area contributed by atoms with Gasteiger partial charge in [0.15, 0.2) is 0 Å². The molecule has 0 aliphatic rings. The lowest BCUT2D eigenvalue weighted by atomic mass is 10.1. The van der Waals surface area contributed by atoms with E-state index in [2.05, 4.69) is 21.2 Å². The van der Waals surface area contributed by atoms with Crippen LogP contribution in [0, 0.1) is 5.82 Å². The summed E-state index contributed by atoms with van der Waals surface area (Å²) >= 11 is 8.94. The molecule has 2 aromatic rings. The molecule has 0 aromatic heterocycles.